The lowest BCUT2D eigenvalue weighted by atomic mass is 9.66. The Hall–Kier alpha value is -1.73. The molecule has 25 heavy (non-hydrogen) atoms. The van der Waals surface area contributed by atoms with Crippen molar-refractivity contribution >= 4 is 13.1 Å². The third-order valence-corrected chi connectivity index (χ3v) is 4.94. The van der Waals surface area contributed by atoms with Crippen LogP contribution in [0.2, 0.25) is 0 Å². The van der Waals surface area contributed by atoms with Crippen LogP contribution in [0.1, 0.15) is 52.4 Å². The highest BCUT2D eigenvalue weighted by atomic mass is 16.7. The second-order valence-corrected chi connectivity index (χ2v) is 7.14. The molecule has 0 saturated carbocycles. The van der Waals surface area contributed by atoms with Gasteiger partial charge >= 0.3 is 13.1 Å². The van der Waals surface area contributed by atoms with Crippen LogP contribution in [0, 0.1) is 0 Å². The van der Waals surface area contributed by atoms with Crippen LogP contribution >= 0.6 is 0 Å². The summed E-state index contributed by atoms with van der Waals surface area (Å²) in [4.78, 5) is 12.1. The second kappa shape index (κ2) is 7.26. The van der Waals surface area contributed by atoms with Crippen LogP contribution in [0.4, 0.5) is 0 Å². The molecule has 0 aliphatic carbocycles. The normalized spacial score (nSPS) is 19.5. The van der Waals surface area contributed by atoms with E-state index in [-0.39, 0.29) is 18.1 Å². The van der Waals surface area contributed by atoms with Gasteiger partial charge in [0.05, 0.1) is 31.3 Å². The van der Waals surface area contributed by atoms with Crippen molar-refractivity contribution in [2.24, 2.45) is 0 Å². The van der Waals surface area contributed by atoms with E-state index in [2.05, 4.69) is 0 Å². The third-order valence-electron chi connectivity index (χ3n) is 4.94. The average Bonchev–Trinajstić information content (AvgIpc) is 2.74. The van der Waals surface area contributed by atoms with E-state index in [9.17, 15) is 9.90 Å². The molecular formula is C18H27BO6. The van der Waals surface area contributed by atoms with Crippen molar-refractivity contribution in [1.29, 1.82) is 0 Å². The van der Waals surface area contributed by atoms with Crippen LogP contribution in [-0.2, 0) is 18.8 Å². The monoisotopic (exact) mass is 350 g/mol. The predicted molar refractivity (Wildman–Crippen MR) is 94.7 cm³/mol. The van der Waals surface area contributed by atoms with Crippen molar-refractivity contribution in [3.05, 3.63) is 23.8 Å². The first-order chi connectivity index (χ1) is 11.6. The molecule has 0 aromatic heterocycles. The number of phenolic OH excluding ortho intramolecular Hbond substituents is 1. The summed E-state index contributed by atoms with van der Waals surface area (Å²) >= 11 is 0. The number of hydrogen-bond donors (Lipinski definition) is 1. The van der Waals surface area contributed by atoms with Gasteiger partial charge in [-0.3, -0.25) is 4.79 Å². The van der Waals surface area contributed by atoms with Crippen LogP contribution in [0.3, 0.4) is 0 Å². The molecule has 0 bridgehead atoms. The lowest BCUT2D eigenvalue weighted by Gasteiger charge is -2.32. The van der Waals surface area contributed by atoms with Gasteiger partial charge in [0.25, 0.3) is 0 Å². The number of phenols is 1. The molecule has 1 aliphatic heterocycles. The molecule has 2 rings (SSSR count). The molecular weight excluding hydrogens is 323 g/mol. The molecule has 1 saturated heterocycles. The fourth-order valence-corrected chi connectivity index (χ4v) is 2.81. The Kier molecular flexibility index (Phi) is 5.69. The van der Waals surface area contributed by atoms with Crippen molar-refractivity contribution in [2.45, 2.75) is 58.1 Å². The molecule has 1 aromatic rings. The highest BCUT2D eigenvalue weighted by Gasteiger charge is 2.54. The topological polar surface area (TPSA) is 74.2 Å². The fourth-order valence-electron chi connectivity index (χ4n) is 2.81. The Labute approximate surface area is 149 Å². The number of esters is 1. The number of ether oxygens (including phenoxy) is 2. The van der Waals surface area contributed by atoms with E-state index in [1.54, 1.807) is 25.1 Å². The number of methoxy groups -OCH3 is 1. The molecule has 1 aromatic carbocycles. The van der Waals surface area contributed by atoms with Crippen LogP contribution in [-0.4, -0.2) is 43.1 Å². The van der Waals surface area contributed by atoms with E-state index in [1.165, 1.54) is 7.11 Å². The first-order valence-electron chi connectivity index (χ1n) is 8.50. The second-order valence-electron chi connectivity index (χ2n) is 7.14. The highest BCUT2D eigenvalue weighted by molar-refractivity contribution is 6.48. The molecule has 6 nitrogen and oxygen atoms in total. The van der Waals surface area contributed by atoms with E-state index in [0.717, 1.165) is 0 Å². The Morgan fingerprint density at radius 1 is 1.24 bits per heavy atom. The Morgan fingerprint density at radius 2 is 1.84 bits per heavy atom. The largest absolute Gasteiger partial charge is 0.504 e. The van der Waals surface area contributed by atoms with Gasteiger partial charge in [-0.05, 0) is 46.2 Å². The molecule has 7 heteroatoms. The van der Waals surface area contributed by atoms with Crippen LogP contribution in [0.25, 0.3) is 0 Å². The molecule has 1 N–H and O–H groups in total. The zero-order valence-electron chi connectivity index (χ0n) is 15.8. The molecule has 1 aliphatic rings. The zero-order chi connectivity index (χ0) is 18.8. The molecule has 0 spiro atoms. The molecule has 138 valence electrons. The van der Waals surface area contributed by atoms with Gasteiger partial charge in [-0.2, -0.15) is 0 Å². The third kappa shape index (κ3) is 3.93. The molecule has 1 fully saturated rings. The highest BCUT2D eigenvalue weighted by Crippen LogP contribution is 2.44. The molecule has 1 atom stereocenters. The molecule has 0 amide bonds. The van der Waals surface area contributed by atoms with Crippen molar-refractivity contribution in [3.63, 3.8) is 0 Å². The minimum absolute atomic E-state index is 0.0194. The van der Waals surface area contributed by atoms with Crippen LogP contribution in [0.15, 0.2) is 18.2 Å². The number of rotatable bonds is 6. The maximum Gasteiger partial charge on any atom is 0.466 e. The SMILES string of the molecule is CCOC(=O)CC(B1OC(C)(C)C(C)(C)O1)c1cccc(OC)c1O. The van der Waals surface area contributed by atoms with Crippen molar-refractivity contribution in [1.82, 2.24) is 0 Å². The van der Waals surface area contributed by atoms with E-state index in [4.69, 9.17) is 18.8 Å². The van der Waals surface area contributed by atoms with Crippen LogP contribution in [0.5, 0.6) is 11.5 Å². The number of hydrogen-bond acceptors (Lipinski definition) is 6. The minimum Gasteiger partial charge on any atom is -0.504 e. The van der Waals surface area contributed by atoms with Crippen LogP contribution < -0.4 is 4.74 Å². The van der Waals surface area contributed by atoms with E-state index < -0.39 is 24.1 Å². The number of carbonyl (C=O) groups is 1. The summed E-state index contributed by atoms with van der Waals surface area (Å²) in [6.45, 7) is 9.82. The van der Waals surface area contributed by atoms with Gasteiger partial charge < -0.3 is 23.9 Å². The zero-order valence-corrected chi connectivity index (χ0v) is 15.8. The minimum atomic E-state index is -0.688. The summed E-state index contributed by atoms with van der Waals surface area (Å²) in [5.74, 6) is -0.573. The van der Waals surface area contributed by atoms with E-state index >= 15 is 0 Å². The Bertz CT molecular complexity index is 612. The van der Waals surface area contributed by atoms with Gasteiger partial charge in [-0.1, -0.05) is 12.1 Å². The van der Waals surface area contributed by atoms with Gasteiger partial charge in [0.15, 0.2) is 11.5 Å². The lowest BCUT2D eigenvalue weighted by molar-refractivity contribution is -0.143. The summed E-state index contributed by atoms with van der Waals surface area (Å²) in [5, 5.41) is 10.5. The summed E-state index contributed by atoms with van der Waals surface area (Å²) in [7, 11) is 0.793. The van der Waals surface area contributed by atoms with Crippen molar-refractivity contribution in [2.75, 3.05) is 13.7 Å². The molecule has 1 unspecified atom stereocenters. The van der Waals surface area contributed by atoms with Gasteiger partial charge in [-0.15, -0.1) is 0 Å². The molecule has 1 heterocycles. The van der Waals surface area contributed by atoms with Crippen molar-refractivity contribution in [3.8, 4) is 11.5 Å². The Balaban J connectivity index is 2.40. The van der Waals surface area contributed by atoms with E-state index in [1.807, 2.05) is 27.7 Å². The number of carbonyl (C=O) groups excluding carboxylic acids is 1. The van der Waals surface area contributed by atoms with Gasteiger partial charge in [0.1, 0.15) is 0 Å². The first-order valence-corrected chi connectivity index (χ1v) is 8.50. The van der Waals surface area contributed by atoms with Gasteiger partial charge in [0.2, 0.25) is 0 Å². The predicted octanol–water partition coefficient (Wildman–Crippen LogP) is 3.07. The maximum absolute atomic E-state index is 12.1. The quantitative estimate of drug-likeness (QED) is 0.628. The summed E-state index contributed by atoms with van der Waals surface area (Å²) < 4.78 is 22.5. The smallest absolute Gasteiger partial charge is 0.466 e. The lowest BCUT2D eigenvalue weighted by Crippen LogP contribution is -2.41. The number of para-hydroxylation sites is 1. The van der Waals surface area contributed by atoms with Gasteiger partial charge in [0, 0.05) is 5.82 Å². The summed E-state index contributed by atoms with van der Waals surface area (Å²) in [5.41, 5.74) is -0.552. The van der Waals surface area contributed by atoms with E-state index in [0.29, 0.717) is 17.9 Å². The van der Waals surface area contributed by atoms with Gasteiger partial charge in [-0.25, -0.2) is 0 Å². The van der Waals surface area contributed by atoms with Crippen molar-refractivity contribution < 1.29 is 28.7 Å². The summed E-state index contributed by atoms with van der Waals surface area (Å²) in [6, 6.07) is 5.16. The maximum atomic E-state index is 12.1. The fraction of sp³-hybridized carbons (Fsp3) is 0.611. The number of aromatic hydroxyl groups is 1. The Morgan fingerprint density at radius 3 is 2.36 bits per heavy atom. The molecule has 0 radical (unpaired) electrons. The average molecular weight is 350 g/mol. The summed E-state index contributed by atoms with van der Waals surface area (Å²) in [6.07, 6.45) is 0.0331. The standard InChI is InChI=1S/C18H27BO6/c1-7-23-15(20)11-13(12-9-8-10-14(22-6)16(12)21)19-24-17(2,3)18(4,5)25-19/h8-10,13,21H,7,11H2,1-6H3. The first kappa shape index (κ1) is 19.6. The number of benzene rings is 1.